The molecule has 0 bridgehead atoms. The maximum Gasteiger partial charge on any atom is 0.305 e. The molecule has 1 saturated carbocycles. The van der Waals surface area contributed by atoms with E-state index in [-0.39, 0.29) is 17.9 Å². The lowest BCUT2D eigenvalue weighted by Crippen LogP contribution is -2.24. The van der Waals surface area contributed by atoms with Crippen molar-refractivity contribution in [3.05, 3.63) is 0 Å². The number of carbonyl (C=O) groups excluding carboxylic acids is 2. The van der Waals surface area contributed by atoms with Gasteiger partial charge in [-0.15, -0.1) is 0 Å². The van der Waals surface area contributed by atoms with Crippen molar-refractivity contribution < 1.29 is 19.1 Å². The first-order chi connectivity index (χ1) is 8.65. The van der Waals surface area contributed by atoms with Gasteiger partial charge in [0.1, 0.15) is 6.10 Å². The van der Waals surface area contributed by atoms with Gasteiger partial charge < -0.3 is 9.47 Å². The molecular weight excluding hydrogens is 232 g/mol. The third-order valence-corrected chi connectivity index (χ3v) is 3.31. The van der Waals surface area contributed by atoms with Crippen molar-refractivity contribution in [2.45, 2.75) is 58.5 Å². The highest BCUT2D eigenvalue weighted by Crippen LogP contribution is 2.24. The molecule has 1 aliphatic rings. The summed E-state index contributed by atoms with van der Waals surface area (Å²) < 4.78 is 10.5. The highest BCUT2D eigenvalue weighted by molar-refractivity contribution is 5.85. The minimum Gasteiger partial charge on any atom is -0.466 e. The zero-order valence-corrected chi connectivity index (χ0v) is 11.4. The molecule has 2 unspecified atom stereocenters. The molecule has 0 aliphatic heterocycles. The Hall–Kier alpha value is -0.900. The van der Waals surface area contributed by atoms with Crippen LogP contribution in [0.15, 0.2) is 0 Å². The molecule has 4 nitrogen and oxygen atoms in total. The fourth-order valence-electron chi connectivity index (χ4n) is 2.23. The second kappa shape index (κ2) is 8.25. The van der Waals surface area contributed by atoms with Crippen LogP contribution in [0.1, 0.15) is 52.4 Å². The molecule has 0 radical (unpaired) electrons. The van der Waals surface area contributed by atoms with Gasteiger partial charge in [0.2, 0.25) is 0 Å². The lowest BCUT2D eigenvalue weighted by molar-refractivity contribution is -0.143. The number of rotatable bonds is 8. The average molecular weight is 256 g/mol. The van der Waals surface area contributed by atoms with E-state index in [1.807, 2.05) is 6.92 Å². The number of carbonyl (C=O) groups is 2. The van der Waals surface area contributed by atoms with E-state index in [4.69, 9.17) is 9.47 Å². The third kappa shape index (κ3) is 5.17. The molecule has 0 heterocycles. The predicted octanol–water partition coefficient (Wildman–Crippen LogP) is 2.49. The average Bonchev–Trinajstić information content (AvgIpc) is 2.65. The molecular formula is C14H24O4. The summed E-state index contributed by atoms with van der Waals surface area (Å²) in [5.74, 6) is 0.476. The van der Waals surface area contributed by atoms with Gasteiger partial charge in [0.25, 0.3) is 0 Å². The summed E-state index contributed by atoms with van der Waals surface area (Å²) in [6.45, 7) is 4.94. The van der Waals surface area contributed by atoms with Crippen LogP contribution >= 0.6 is 0 Å². The number of unbranched alkanes of at least 4 members (excludes halogenated alkanes) is 2. The second-order valence-corrected chi connectivity index (χ2v) is 4.89. The van der Waals surface area contributed by atoms with Crippen molar-refractivity contribution in [2.24, 2.45) is 5.92 Å². The van der Waals surface area contributed by atoms with Crippen LogP contribution in [0.3, 0.4) is 0 Å². The molecule has 0 spiro atoms. The molecule has 0 aromatic heterocycles. The summed E-state index contributed by atoms with van der Waals surface area (Å²) in [6, 6.07) is 0. The number of hydrogen-bond acceptors (Lipinski definition) is 4. The lowest BCUT2D eigenvalue weighted by atomic mass is 10.1. The summed E-state index contributed by atoms with van der Waals surface area (Å²) in [5.41, 5.74) is 0. The van der Waals surface area contributed by atoms with E-state index in [1.165, 1.54) is 0 Å². The third-order valence-electron chi connectivity index (χ3n) is 3.31. The highest BCUT2D eigenvalue weighted by Gasteiger charge is 2.31. The Balaban J connectivity index is 1.98. The minimum absolute atomic E-state index is 0.127. The summed E-state index contributed by atoms with van der Waals surface area (Å²) in [4.78, 5) is 22.6. The Bertz CT molecular complexity index is 275. The largest absolute Gasteiger partial charge is 0.466 e. The van der Waals surface area contributed by atoms with Crippen LogP contribution in [-0.4, -0.2) is 31.1 Å². The van der Waals surface area contributed by atoms with Gasteiger partial charge in [-0.1, -0.05) is 13.3 Å². The van der Waals surface area contributed by atoms with E-state index >= 15 is 0 Å². The van der Waals surface area contributed by atoms with Crippen LogP contribution in [0.2, 0.25) is 0 Å². The number of Topliss-reactive ketones (excluding diaryl/α,β-unsaturated/α-hetero) is 1. The lowest BCUT2D eigenvalue weighted by Gasteiger charge is -2.14. The van der Waals surface area contributed by atoms with Crippen molar-refractivity contribution in [1.82, 2.24) is 0 Å². The van der Waals surface area contributed by atoms with Gasteiger partial charge in [-0.3, -0.25) is 9.59 Å². The van der Waals surface area contributed by atoms with E-state index < -0.39 is 0 Å². The van der Waals surface area contributed by atoms with Gasteiger partial charge in [0.05, 0.1) is 6.61 Å². The molecule has 104 valence electrons. The molecule has 0 N–H and O–H groups in total. The number of hydrogen-bond donors (Lipinski definition) is 0. The normalized spacial score (nSPS) is 23.3. The molecule has 18 heavy (non-hydrogen) atoms. The molecule has 0 amide bonds. The van der Waals surface area contributed by atoms with Crippen molar-refractivity contribution in [2.75, 3.05) is 13.2 Å². The summed E-state index contributed by atoms with van der Waals surface area (Å²) in [6.07, 6.45) is 4.57. The molecule has 2 atom stereocenters. The Morgan fingerprint density at radius 2 is 2.11 bits per heavy atom. The standard InChI is InChI=1S/C14H24O4/c1-3-17-13(16)7-5-4-6-10-18-14-11(2)8-9-12(14)15/h11,14H,3-10H2,1-2H3. The van der Waals surface area contributed by atoms with Crippen LogP contribution in [0.5, 0.6) is 0 Å². The molecule has 1 fully saturated rings. The Kier molecular flexibility index (Phi) is 6.94. The van der Waals surface area contributed by atoms with Crippen molar-refractivity contribution in [3.63, 3.8) is 0 Å². The first-order valence-electron chi connectivity index (χ1n) is 6.95. The first-order valence-corrected chi connectivity index (χ1v) is 6.95. The van der Waals surface area contributed by atoms with Crippen LogP contribution in [-0.2, 0) is 19.1 Å². The molecule has 0 aromatic rings. The predicted molar refractivity (Wildman–Crippen MR) is 68.2 cm³/mol. The number of ether oxygens (including phenoxy) is 2. The maximum atomic E-state index is 11.5. The number of ketones is 1. The highest BCUT2D eigenvalue weighted by atomic mass is 16.5. The van der Waals surface area contributed by atoms with E-state index in [9.17, 15) is 9.59 Å². The molecule has 0 saturated heterocycles. The second-order valence-electron chi connectivity index (χ2n) is 4.89. The summed E-state index contributed by atoms with van der Waals surface area (Å²) in [7, 11) is 0. The number of esters is 1. The van der Waals surface area contributed by atoms with Crippen molar-refractivity contribution >= 4 is 11.8 Å². The smallest absolute Gasteiger partial charge is 0.305 e. The Labute approximate surface area is 109 Å². The van der Waals surface area contributed by atoms with E-state index in [2.05, 4.69) is 6.92 Å². The van der Waals surface area contributed by atoms with Crippen LogP contribution < -0.4 is 0 Å². The minimum atomic E-state index is -0.185. The fraction of sp³-hybridized carbons (Fsp3) is 0.857. The first kappa shape index (κ1) is 15.2. The Morgan fingerprint density at radius 3 is 2.72 bits per heavy atom. The Morgan fingerprint density at radius 1 is 1.33 bits per heavy atom. The van der Waals surface area contributed by atoms with E-state index in [0.717, 1.165) is 25.7 Å². The fourth-order valence-corrected chi connectivity index (χ4v) is 2.23. The molecule has 4 heteroatoms. The SMILES string of the molecule is CCOC(=O)CCCCCOC1C(=O)CCC1C. The summed E-state index contributed by atoms with van der Waals surface area (Å²) >= 11 is 0. The van der Waals surface area contributed by atoms with Gasteiger partial charge >= 0.3 is 5.97 Å². The quantitative estimate of drug-likeness (QED) is 0.494. The van der Waals surface area contributed by atoms with Gasteiger partial charge in [-0.05, 0) is 32.1 Å². The zero-order chi connectivity index (χ0) is 13.4. The van der Waals surface area contributed by atoms with E-state index in [1.54, 1.807) is 0 Å². The zero-order valence-electron chi connectivity index (χ0n) is 11.4. The van der Waals surface area contributed by atoms with Crippen LogP contribution in [0.25, 0.3) is 0 Å². The van der Waals surface area contributed by atoms with Crippen molar-refractivity contribution in [1.29, 1.82) is 0 Å². The summed E-state index contributed by atoms with van der Waals surface area (Å²) in [5, 5.41) is 0. The van der Waals surface area contributed by atoms with E-state index in [0.29, 0.717) is 32.0 Å². The topological polar surface area (TPSA) is 52.6 Å². The molecule has 0 aromatic carbocycles. The molecule has 1 aliphatic carbocycles. The van der Waals surface area contributed by atoms with Gasteiger partial charge in [0, 0.05) is 19.4 Å². The van der Waals surface area contributed by atoms with Crippen LogP contribution in [0, 0.1) is 5.92 Å². The monoisotopic (exact) mass is 256 g/mol. The van der Waals surface area contributed by atoms with Gasteiger partial charge in [-0.25, -0.2) is 0 Å². The van der Waals surface area contributed by atoms with Crippen LogP contribution in [0.4, 0.5) is 0 Å². The van der Waals surface area contributed by atoms with Gasteiger partial charge in [-0.2, -0.15) is 0 Å². The van der Waals surface area contributed by atoms with Crippen molar-refractivity contribution in [3.8, 4) is 0 Å². The van der Waals surface area contributed by atoms with Gasteiger partial charge in [0.15, 0.2) is 5.78 Å². The maximum absolute atomic E-state index is 11.5. The molecule has 1 rings (SSSR count).